The van der Waals surface area contributed by atoms with Crippen molar-refractivity contribution >= 4 is 46.6 Å². The molecule has 9 heteroatoms. The van der Waals surface area contributed by atoms with Crippen LogP contribution in [-0.4, -0.2) is 35.9 Å². The van der Waals surface area contributed by atoms with Crippen molar-refractivity contribution < 1.29 is 24.3 Å². The number of nitrogens with one attached hydrogen (secondary N) is 2. The monoisotopic (exact) mass is 462 g/mol. The van der Waals surface area contributed by atoms with E-state index in [2.05, 4.69) is 16.1 Å². The van der Waals surface area contributed by atoms with Crippen LogP contribution in [0.5, 0.6) is 0 Å². The number of hydrogen-bond donors (Lipinski definition) is 3. The molecule has 0 bridgehead atoms. The molecule has 1 aromatic heterocycles. The number of hydroxylamine groups is 1. The van der Waals surface area contributed by atoms with Crippen LogP contribution >= 0.6 is 23.1 Å². The van der Waals surface area contributed by atoms with Gasteiger partial charge in [0, 0.05) is 28.3 Å². The fourth-order valence-corrected chi connectivity index (χ4v) is 6.49. The Balaban J connectivity index is 1.75. The number of methoxy groups -OCH3 is 1. The topological polar surface area (TPSA) is 105 Å². The van der Waals surface area contributed by atoms with Crippen LogP contribution in [0.15, 0.2) is 36.4 Å². The summed E-state index contributed by atoms with van der Waals surface area (Å²) in [6.45, 7) is 0. The number of carbonyl (C=O) groups is 3. The molecular formula is C22H26N2O5S2. The van der Waals surface area contributed by atoms with E-state index in [0.29, 0.717) is 5.69 Å². The van der Waals surface area contributed by atoms with Crippen LogP contribution in [0.2, 0.25) is 0 Å². The van der Waals surface area contributed by atoms with Gasteiger partial charge in [0.05, 0.1) is 18.3 Å². The predicted molar refractivity (Wildman–Crippen MR) is 122 cm³/mol. The smallest absolute Gasteiger partial charge is 0.306 e. The molecule has 3 N–H and O–H groups in total. The van der Waals surface area contributed by atoms with Crippen LogP contribution in [0, 0.1) is 0 Å². The van der Waals surface area contributed by atoms with Crippen LogP contribution in [0.4, 0.5) is 5.69 Å². The third-order valence-electron chi connectivity index (χ3n) is 5.19. The highest BCUT2D eigenvalue weighted by Gasteiger charge is 2.38. The fourth-order valence-electron chi connectivity index (χ4n) is 3.60. The van der Waals surface area contributed by atoms with E-state index in [1.54, 1.807) is 34.6 Å². The molecule has 0 unspecified atom stereocenters. The number of ether oxygens (including phenoxy) is 1. The van der Waals surface area contributed by atoms with E-state index in [1.165, 1.54) is 7.11 Å². The van der Waals surface area contributed by atoms with E-state index in [4.69, 9.17) is 5.21 Å². The van der Waals surface area contributed by atoms with Crippen LogP contribution in [0.1, 0.15) is 43.4 Å². The molecule has 166 valence electrons. The number of esters is 1. The third kappa shape index (κ3) is 6.09. The highest BCUT2D eigenvalue weighted by atomic mass is 32.2. The van der Waals surface area contributed by atoms with Crippen molar-refractivity contribution in [2.45, 2.75) is 43.3 Å². The van der Waals surface area contributed by atoms with Crippen molar-refractivity contribution in [1.82, 2.24) is 5.48 Å². The zero-order chi connectivity index (χ0) is 22.3. The molecular weight excluding hydrogens is 436 g/mol. The van der Waals surface area contributed by atoms with Gasteiger partial charge in [0.2, 0.25) is 11.8 Å². The summed E-state index contributed by atoms with van der Waals surface area (Å²) in [6.07, 6.45) is 3.41. The highest BCUT2D eigenvalue weighted by Crippen LogP contribution is 2.50. The van der Waals surface area contributed by atoms with E-state index in [9.17, 15) is 14.4 Å². The summed E-state index contributed by atoms with van der Waals surface area (Å²) in [4.78, 5) is 37.4. The summed E-state index contributed by atoms with van der Waals surface area (Å²) in [6, 6.07) is 11.6. The Labute approximate surface area is 189 Å². The molecule has 1 saturated heterocycles. The molecule has 31 heavy (non-hydrogen) atoms. The maximum atomic E-state index is 12.1. The van der Waals surface area contributed by atoms with Gasteiger partial charge >= 0.3 is 5.97 Å². The van der Waals surface area contributed by atoms with Crippen LogP contribution < -0.4 is 10.8 Å². The van der Waals surface area contributed by atoms with E-state index < -0.39 is 5.97 Å². The zero-order valence-electron chi connectivity index (χ0n) is 17.3. The molecule has 0 aliphatic carbocycles. The first kappa shape index (κ1) is 23.3. The minimum absolute atomic E-state index is 0.0392. The number of carbonyl (C=O) groups excluding carboxylic acids is 3. The average Bonchev–Trinajstić information content (AvgIpc) is 3.29. The fraction of sp³-hybridized carbons (Fsp3) is 0.409. The number of thioether (sulfide) groups is 1. The lowest BCUT2D eigenvalue weighted by Gasteiger charge is -2.35. The first-order valence-corrected chi connectivity index (χ1v) is 11.9. The van der Waals surface area contributed by atoms with E-state index in [-0.39, 0.29) is 35.8 Å². The molecule has 2 aromatic rings. The normalized spacial score (nSPS) is 18.3. The Hall–Kier alpha value is -2.36. The van der Waals surface area contributed by atoms with Gasteiger partial charge in [-0.15, -0.1) is 23.1 Å². The Morgan fingerprint density at radius 3 is 2.68 bits per heavy atom. The molecule has 7 nitrogen and oxygen atoms in total. The molecule has 3 rings (SSSR count). The molecule has 1 fully saturated rings. The first-order chi connectivity index (χ1) is 15.0. The molecule has 1 aliphatic heterocycles. The van der Waals surface area contributed by atoms with Gasteiger partial charge in [-0.25, -0.2) is 5.48 Å². The predicted octanol–water partition coefficient (Wildman–Crippen LogP) is 4.31. The number of hydrogen-bond acceptors (Lipinski definition) is 7. The Kier molecular flexibility index (Phi) is 8.11. The van der Waals surface area contributed by atoms with Gasteiger partial charge in [0.25, 0.3) is 0 Å². The van der Waals surface area contributed by atoms with Crippen LogP contribution in [0.25, 0.3) is 10.4 Å². The lowest BCUT2D eigenvalue weighted by atomic mass is 9.94. The van der Waals surface area contributed by atoms with E-state index in [0.717, 1.165) is 40.3 Å². The molecule has 1 aliphatic rings. The second-order valence-corrected chi connectivity index (χ2v) is 9.94. The first-order valence-electron chi connectivity index (χ1n) is 10.1. The second kappa shape index (κ2) is 10.8. The molecule has 0 spiro atoms. The summed E-state index contributed by atoms with van der Waals surface area (Å²) in [5.41, 5.74) is 3.39. The minimum Gasteiger partial charge on any atom is -0.469 e. The lowest BCUT2D eigenvalue weighted by Crippen LogP contribution is -2.32. The second-order valence-electron chi connectivity index (χ2n) is 7.38. The van der Waals surface area contributed by atoms with Crippen LogP contribution in [-0.2, 0) is 23.9 Å². The lowest BCUT2D eigenvalue weighted by molar-refractivity contribution is -0.141. The summed E-state index contributed by atoms with van der Waals surface area (Å²) in [5, 5.41) is 11.8. The third-order valence-corrected chi connectivity index (χ3v) is 8.28. The summed E-state index contributed by atoms with van der Waals surface area (Å²) in [5.74, 6) is -0.0543. The van der Waals surface area contributed by atoms with Crippen molar-refractivity contribution in [3.8, 4) is 10.4 Å². The van der Waals surface area contributed by atoms with Crippen molar-refractivity contribution in [2.75, 3.05) is 18.2 Å². The van der Waals surface area contributed by atoms with Crippen LogP contribution in [0.3, 0.4) is 0 Å². The van der Waals surface area contributed by atoms with Gasteiger partial charge < -0.3 is 10.1 Å². The SMILES string of the molecule is COC(=O)CCC(=O)Nc1cccc(-c2ccc([C@@]3(CC(=O)NO)CCCCS3)s2)c1. The molecule has 2 heterocycles. The van der Waals surface area contributed by atoms with Crippen molar-refractivity contribution in [3.63, 3.8) is 0 Å². The number of thiophene rings is 1. The number of rotatable bonds is 8. The summed E-state index contributed by atoms with van der Waals surface area (Å²) in [7, 11) is 1.30. The quantitative estimate of drug-likeness (QED) is 0.307. The van der Waals surface area contributed by atoms with E-state index >= 15 is 0 Å². The van der Waals surface area contributed by atoms with Gasteiger partial charge in [-0.2, -0.15) is 0 Å². The maximum Gasteiger partial charge on any atom is 0.306 e. The Morgan fingerprint density at radius 1 is 1.13 bits per heavy atom. The average molecular weight is 463 g/mol. The van der Waals surface area contributed by atoms with Crippen molar-refractivity contribution in [3.05, 3.63) is 41.3 Å². The van der Waals surface area contributed by atoms with Crippen molar-refractivity contribution in [2.24, 2.45) is 0 Å². The van der Waals surface area contributed by atoms with Gasteiger partial charge in [-0.1, -0.05) is 18.6 Å². The standard InChI is InChI=1S/C22H26N2O5S2/c1-29-21(27)10-9-19(25)23-16-6-4-5-15(13-16)17-7-8-18(31-17)22(14-20(26)24-28)11-2-3-12-30-22/h4-8,13,28H,2-3,9-12,14H2,1H3,(H,23,25)(H,24,26)/t22-/m0/s1. The molecule has 2 amide bonds. The van der Waals surface area contributed by atoms with Crippen molar-refractivity contribution in [1.29, 1.82) is 0 Å². The van der Waals surface area contributed by atoms with Gasteiger partial charge in [0.15, 0.2) is 0 Å². The van der Waals surface area contributed by atoms with Gasteiger partial charge in [0.1, 0.15) is 0 Å². The maximum absolute atomic E-state index is 12.1. The zero-order valence-corrected chi connectivity index (χ0v) is 18.9. The Morgan fingerprint density at radius 2 is 1.97 bits per heavy atom. The minimum atomic E-state index is -0.417. The van der Waals surface area contributed by atoms with E-state index in [1.807, 2.05) is 24.3 Å². The number of benzene rings is 1. The highest BCUT2D eigenvalue weighted by molar-refractivity contribution is 8.00. The number of anilines is 1. The summed E-state index contributed by atoms with van der Waals surface area (Å²) >= 11 is 3.41. The van der Waals surface area contributed by atoms with Gasteiger partial charge in [-0.3, -0.25) is 19.6 Å². The van der Waals surface area contributed by atoms with Gasteiger partial charge in [-0.05, 0) is 48.4 Å². The Bertz CT molecular complexity index is 937. The molecule has 0 saturated carbocycles. The summed E-state index contributed by atoms with van der Waals surface area (Å²) < 4.78 is 4.24. The molecule has 1 atom stereocenters. The largest absolute Gasteiger partial charge is 0.469 e. The molecule has 0 radical (unpaired) electrons. The molecule has 1 aromatic carbocycles. The number of amides is 2.